The molecule has 0 aliphatic carbocycles. The van der Waals surface area contributed by atoms with Gasteiger partial charge < -0.3 is 4.90 Å². The highest BCUT2D eigenvalue weighted by molar-refractivity contribution is 5.63. The molecule has 0 aliphatic rings. The summed E-state index contributed by atoms with van der Waals surface area (Å²) in [4.78, 5) is 9.07. The highest BCUT2D eigenvalue weighted by Crippen LogP contribution is 2.23. The minimum Gasteiger partial charge on any atom is -0.378 e. The van der Waals surface area contributed by atoms with Crippen LogP contribution >= 0.6 is 0 Å². The van der Waals surface area contributed by atoms with Crippen molar-refractivity contribution in [2.24, 2.45) is 0 Å². The van der Waals surface area contributed by atoms with Crippen molar-refractivity contribution < 1.29 is 8.78 Å². The van der Waals surface area contributed by atoms with E-state index in [1.807, 2.05) is 19.0 Å². The van der Waals surface area contributed by atoms with Crippen LogP contribution in [0.5, 0.6) is 0 Å². The zero-order valence-corrected chi connectivity index (χ0v) is 9.48. The second kappa shape index (κ2) is 4.45. The molecular weight excluding hydrogens is 224 g/mol. The predicted octanol–water partition coefficient (Wildman–Crippen LogP) is 2.49. The molecule has 0 saturated heterocycles. The maximum atomic E-state index is 13.5. The van der Waals surface area contributed by atoms with Gasteiger partial charge in [-0.25, -0.2) is 0 Å². The van der Waals surface area contributed by atoms with Gasteiger partial charge in [0.1, 0.15) is 0 Å². The summed E-state index contributed by atoms with van der Waals surface area (Å²) in [5.74, 6) is -1.69. The van der Waals surface area contributed by atoms with Gasteiger partial charge in [0, 0.05) is 26.0 Å². The maximum absolute atomic E-state index is 13.5. The van der Waals surface area contributed by atoms with E-state index < -0.39 is 11.9 Å². The largest absolute Gasteiger partial charge is 0.378 e. The number of nitrogens with zero attached hydrogens (tertiary/aromatic N) is 3. The molecule has 17 heavy (non-hydrogen) atoms. The first-order valence-electron chi connectivity index (χ1n) is 5.04. The number of anilines is 1. The van der Waals surface area contributed by atoms with E-state index in [2.05, 4.69) is 9.97 Å². The monoisotopic (exact) mass is 235 g/mol. The van der Waals surface area contributed by atoms with Crippen LogP contribution in [0, 0.1) is 11.9 Å². The van der Waals surface area contributed by atoms with Crippen LogP contribution in [0.1, 0.15) is 0 Å². The first kappa shape index (κ1) is 11.4. The Labute approximate surface area is 97.7 Å². The Bertz CT molecular complexity index is 541. The van der Waals surface area contributed by atoms with E-state index in [0.29, 0.717) is 5.69 Å². The number of hydrogen-bond acceptors (Lipinski definition) is 3. The average molecular weight is 235 g/mol. The molecular formula is C12H11F2N3. The molecule has 88 valence electrons. The quantitative estimate of drug-likeness (QED) is 0.749. The smallest absolute Gasteiger partial charge is 0.224 e. The third-order valence-corrected chi connectivity index (χ3v) is 2.35. The fourth-order valence-corrected chi connectivity index (χ4v) is 1.45. The molecule has 0 saturated carbocycles. The summed E-state index contributed by atoms with van der Waals surface area (Å²) >= 11 is 0. The van der Waals surface area contributed by atoms with Crippen molar-refractivity contribution in [3.05, 3.63) is 42.4 Å². The van der Waals surface area contributed by atoms with Gasteiger partial charge in [-0.1, -0.05) is 0 Å². The molecule has 3 nitrogen and oxygen atoms in total. The lowest BCUT2D eigenvalue weighted by atomic mass is 10.1. The van der Waals surface area contributed by atoms with Crippen molar-refractivity contribution in [3.63, 3.8) is 0 Å². The van der Waals surface area contributed by atoms with E-state index in [1.165, 1.54) is 6.07 Å². The average Bonchev–Trinajstić information content (AvgIpc) is 2.29. The molecule has 5 heteroatoms. The lowest BCUT2D eigenvalue weighted by Gasteiger charge is -2.13. The summed E-state index contributed by atoms with van der Waals surface area (Å²) in [6.07, 6.45) is 1.58. The zero-order valence-electron chi connectivity index (χ0n) is 9.48. The highest BCUT2D eigenvalue weighted by atomic mass is 19.1. The molecule has 0 unspecified atom stereocenters. The summed E-state index contributed by atoms with van der Waals surface area (Å²) in [6.45, 7) is 0. The van der Waals surface area contributed by atoms with E-state index in [1.54, 1.807) is 18.3 Å². The fraction of sp³-hybridized carbons (Fsp3) is 0.167. The Hall–Kier alpha value is -2.04. The van der Waals surface area contributed by atoms with Crippen LogP contribution < -0.4 is 4.90 Å². The summed E-state index contributed by atoms with van der Waals surface area (Å²) in [6, 6.07) is 5.97. The van der Waals surface area contributed by atoms with Gasteiger partial charge in [0.15, 0.2) is 0 Å². The van der Waals surface area contributed by atoms with Gasteiger partial charge in [-0.2, -0.15) is 13.8 Å². The van der Waals surface area contributed by atoms with Crippen LogP contribution in [-0.2, 0) is 0 Å². The first-order valence-corrected chi connectivity index (χ1v) is 5.04. The van der Waals surface area contributed by atoms with Crippen LogP contribution in [0.25, 0.3) is 11.3 Å². The molecule has 0 atom stereocenters. The standard InChI is InChI=1S/C12H11F2N3/c1-17(2)8-5-6-15-10(7-8)9-3-4-11(13)16-12(9)14/h3-7H,1-2H3. The Morgan fingerprint density at radius 2 is 1.88 bits per heavy atom. The molecule has 2 aromatic heterocycles. The van der Waals surface area contributed by atoms with E-state index in [-0.39, 0.29) is 5.56 Å². The molecule has 2 heterocycles. The lowest BCUT2D eigenvalue weighted by molar-refractivity contribution is 0.515. The summed E-state index contributed by atoms with van der Waals surface area (Å²) in [5, 5.41) is 0. The number of aromatic nitrogens is 2. The van der Waals surface area contributed by atoms with Gasteiger partial charge in [0.25, 0.3) is 0 Å². The number of hydrogen-bond donors (Lipinski definition) is 0. The van der Waals surface area contributed by atoms with Crippen LogP contribution in [-0.4, -0.2) is 24.1 Å². The maximum Gasteiger partial charge on any atom is 0.224 e. The Balaban J connectivity index is 2.49. The third-order valence-electron chi connectivity index (χ3n) is 2.35. The van der Waals surface area contributed by atoms with E-state index >= 15 is 0 Å². The lowest BCUT2D eigenvalue weighted by Crippen LogP contribution is -2.08. The van der Waals surface area contributed by atoms with Crippen molar-refractivity contribution in [2.75, 3.05) is 19.0 Å². The number of pyridine rings is 2. The molecule has 0 fully saturated rings. The molecule has 0 N–H and O–H groups in total. The predicted molar refractivity (Wildman–Crippen MR) is 61.7 cm³/mol. The molecule has 0 radical (unpaired) electrons. The second-order valence-electron chi connectivity index (χ2n) is 3.77. The van der Waals surface area contributed by atoms with Crippen molar-refractivity contribution in [1.29, 1.82) is 0 Å². The Kier molecular flexibility index (Phi) is 2.99. The van der Waals surface area contributed by atoms with E-state index in [4.69, 9.17) is 0 Å². The molecule has 0 aliphatic heterocycles. The first-order chi connectivity index (χ1) is 8.08. The van der Waals surface area contributed by atoms with Crippen molar-refractivity contribution in [1.82, 2.24) is 9.97 Å². The minimum absolute atomic E-state index is 0.190. The zero-order chi connectivity index (χ0) is 12.4. The van der Waals surface area contributed by atoms with Gasteiger partial charge in [-0.3, -0.25) is 4.98 Å². The van der Waals surface area contributed by atoms with Crippen LogP contribution in [0.15, 0.2) is 30.5 Å². The van der Waals surface area contributed by atoms with Gasteiger partial charge in [0.2, 0.25) is 11.9 Å². The van der Waals surface area contributed by atoms with Crippen molar-refractivity contribution >= 4 is 5.69 Å². The Morgan fingerprint density at radius 3 is 2.53 bits per heavy atom. The van der Waals surface area contributed by atoms with E-state index in [9.17, 15) is 8.78 Å². The number of rotatable bonds is 2. The van der Waals surface area contributed by atoms with Crippen LogP contribution in [0.4, 0.5) is 14.5 Å². The van der Waals surface area contributed by atoms with Crippen molar-refractivity contribution in [2.45, 2.75) is 0 Å². The third kappa shape index (κ3) is 2.38. The SMILES string of the molecule is CN(C)c1ccnc(-c2ccc(F)nc2F)c1. The molecule has 0 amide bonds. The Morgan fingerprint density at radius 1 is 1.12 bits per heavy atom. The molecule has 0 aromatic carbocycles. The molecule has 2 rings (SSSR count). The van der Waals surface area contributed by atoms with E-state index in [0.717, 1.165) is 11.8 Å². The minimum atomic E-state index is -0.853. The van der Waals surface area contributed by atoms with Gasteiger partial charge >= 0.3 is 0 Å². The summed E-state index contributed by atoms with van der Waals surface area (Å²) in [7, 11) is 3.75. The topological polar surface area (TPSA) is 29.0 Å². The number of halogens is 2. The van der Waals surface area contributed by atoms with Gasteiger partial charge in [-0.15, -0.1) is 0 Å². The highest BCUT2D eigenvalue weighted by Gasteiger charge is 2.09. The molecule has 2 aromatic rings. The fourth-order valence-electron chi connectivity index (χ4n) is 1.45. The van der Waals surface area contributed by atoms with Crippen LogP contribution in [0.3, 0.4) is 0 Å². The summed E-state index contributed by atoms with van der Waals surface area (Å²) in [5.41, 5.74) is 1.51. The molecule has 0 bridgehead atoms. The molecule has 0 spiro atoms. The second-order valence-corrected chi connectivity index (χ2v) is 3.77. The summed E-state index contributed by atoms with van der Waals surface area (Å²) < 4.78 is 26.2. The van der Waals surface area contributed by atoms with Gasteiger partial charge in [0.05, 0.1) is 11.3 Å². The van der Waals surface area contributed by atoms with Crippen LogP contribution in [0.2, 0.25) is 0 Å². The van der Waals surface area contributed by atoms with Crippen molar-refractivity contribution in [3.8, 4) is 11.3 Å². The normalized spacial score (nSPS) is 10.4. The van der Waals surface area contributed by atoms with Gasteiger partial charge in [-0.05, 0) is 24.3 Å².